The average molecular weight is 277 g/mol. The van der Waals surface area contributed by atoms with Crippen LogP contribution in [-0.2, 0) is 0 Å². The number of rotatable bonds is 6. The summed E-state index contributed by atoms with van der Waals surface area (Å²) in [6.07, 6.45) is 0. The van der Waals surface area contributed by atoms with E-state index >= 15 is 0 Å². The maximum absolute atomic E-state index is 12.3. The summed E-state index contributed by atoms with van der Waals surface area (Å²) >= 11 is 0. The molecule has 4 nitrogen and oxygen atoms in total. The van der Waals surface area contributed by atoms with E-state index in [0.29, 0.717) is 11.3 Å². The van der Waals surface area contributed by atoms with Gasteiger partial charge in [-0.25, -0.2) is 0 Å². The van der Waals surface area contributed by atoms with Crippen LogP contribution in [-0.4, -0.2) is 36.5 Å². The Labute approximate surface area is 122 Å². The van der Waals surface area contributed by atoms with Crippen molar-refractivity contribution in [3.8, 4) is 0 Å². The average Bonchev–Trinajstić information content (AvgIpc) is 2.39. The molecule has 1 amide bonds. The minimum Gasteiger partial charge on any atom is -0.398 e. The highest BCUT2D eigenvalue weighted by Gasteiger charge is 2.14. The second-order valence-electron chi connectivity index (χ2n) is 5.38. The van der Waals surface area contributed by atoms with Crippen LogP contribution in [0.3, 0.4) is 0 Å². The van der Waals surface area contributed by atoms with E-state index in [1.165, 1.54) is 0 Å². The van der Waals surface area contributed by atoms with E-state index in [1.54, 1.807) is 6.07 Å². The van der Waals surface area contributed by atoms with Crippen molar-refractivity contribution < 1.29 is 4.79 Å². The first-order valence-corrected chi connectivity index (χ1v) is 7.28. The zero-order chi connectivity index (χ0) is 15.3. The molecule has 1 atom stereocenters. The molecule has 0 bridgehead atoms. The van der Waals surface area contributed by atoms with E-state index in [9.17, 15) is 4.79 Å². The topological polar surface area (TPSA) is 58.4 Å². The second-order valence-corrected chi connectivity index (χ2v) is 5.38. The van der Waals surface area contributed by atoms with Crippen molar-refractivity contribution in [3.63, 3.8) is 0 Å². The molecule has 0 saturated carbocycles. The number of nitrogens with two attached hydrogens (primary N) is 1. The molecule has 1 aromatic carbocycles. The highest BCUT2D eigenvalue weighted by Crippen LogP contribution is 2.17. The van der Waals surface area contributed by atoms with Crippen LogP contribution >= 0.6 is 0 Å². The van der Waals surface area contributed by atoms with Crippen molar-refractivity contribution in [1.82, 2.24) is 10.2 Å². The molecule has 0 aliphatic heterocycles. The van der Waals surface area contributed by atoms with Crippen LogP contribution in [0.5, 0.6) is 0 Å². The Hall–Kier alpha value is -1.55. The fourth-order valence-electron chi connectivity index (χ4n) is 2.33. The van der Waals surface area contributed by atoms with E-state index in [0.717, 1.165) is 30.8 Å². The highest BCUT2D eigenvalue weighted by molar-refractivity contribution is 5.96. The number of anilines is 1. The lowest BCUT2D eigenvalue weighted by Gasteiger charge is -2.23. The normalized spacial score (nSPS) is 12.5. The van der Waals surface area contributed by atoms with E-state index in [-0.39, 0.29) is 11.9 Å². The van der Waals surface area contributed by atoms with Gasteiger partial charge in [0.1, 0.15) is 0 Å². The van der Waals surface area contributed by atoms with Gasteiger partial charge in [0.15, 0.2) is 0 Å². The minimum atomic E-state index is -0.0474. The van der Waals surface area contributed by atoms with Crippen LogP contribution < -0.4 is 11.1 Å². The van der Waals surface area contributed by atoms with E-state index in [1.807, 2.05) is 26.8 Å². The van der Waals surface area contributed by atoms with Crippen LogP contribution in [0.4, 0.5) is 5.69 Å². The number of nitrogen functional groups attached to an aromatic ring is 1. The Morgan fingerprint density at radius 1 is 1.25 bits per heavy atom. The zero-order valence-electron chi connectivity index (χ0n) is 13.3. The summed E-state index contributed by atoms with van der Waals surface area (Å²) in [4.78, 5) is 14.6. The first-order chi connectivity index (χ1) is 9.38. The Morgan fingerprint density at radius 3 is 2.40 bits per heavy atom. The molecule has 112 valence electrons. The molecule has 0 aromatic heterocycles. The third-order valence-corrected chi connectivity index (χ3v) is 3.66. The van der Waals surface area contributed by atoms with Crippen molar-refractivity contribution in [3.05, 3.63) is 28.8 Å². The Morgan fingerprint density at radius 2 is 1.85 bits per heavy atom. The molecule has 1 unspecified atom stereocenters. The van der Waals surface area contributed by atoms with Crippen LogP contribution in [0.2, 0.25) is 0 Å². The van der Waals surface area contributed by atoms with Gasteiger partial charge in [-0.05, 0) is 51.1 Å². The molecule has 0 aliphatic rings. The largest absolute Gasteiger partial charge is 0.398 e. The van der Waals surface area contributed by atoms with Crippen molar-refractivity contribution in [2.75, 3.05) is 25.4 Å². The molecule has 0 fully saturated rings. The lowest BCUT2D eigenvalue weighted by Crippen LogP contribution is -2.42. The molecule has 20 heavy (non-hydrogen) atoms. The molecule has 3 N–H and O–H groups in total. The number of carbonyl (C=O) groups excluding carboxylic acids is 1. The molecule has 0 heterocycles. The predicted octanol–water partition coefficient (Wildman–Crippen LogP) is 2.35. The third-order valence-electron chi connectivity index (χ3n) is 3.66. The Bertz CT molecular complexity index is 467. The van der Waals surface area contributed by atoms with Gasteiger partial charge in [0.2, 0.25) is 0 Å². The van der Waals surface area contributed by atoms with Gasteiger partial charge in [-0.1, -0.05) is 19.9 Å². The summed E-state index contributed by atoms with van der Waals surface area (Å²) in [6, 6.07) is 3.84. The predicted molar refractivity (Wildman–Crippen MR) is 85.0 cm³/mol. The highest BCUT2D eigenvalue weighted by atomic mass is 16.1. The maximum Gasteiger partial charge on any atom is 0.251 e. The maximum atomic E-state index is 12.3. The second kappa shape index (κ2) is 7.29. The summed E-state index contributed by atoms with van der Waals surface area (Å²) in [5.74, 6) is -0.0474. The van der Waals surface area contributed by atoms with Gasteiger partial charge in [0.25, 0.3) is 5.91 Å². The van der Waals surface area contributed by atoms with E-state index in [2.05, 4.69) is 24.1 Å². The molecule has 0 aliphatic carbocycles. The summed E-state index contributed by atoms with van der Waals surface area (Å²) in [5.41, 5.74) is 9.20. The van der Waals surface area contributed by atoms with Gasteiger partial charge in [0, 0.05) is 23.8 Å². The molecule has 0 saturated heterocycles. The van der Waals surface area contributed by atoms with Crippen LogP contribution in [0.1, 0.15) is 42.3 Å². The van der Waals surface area contributed by atoms with Gasteiger partial charge in [-0.15, -0.1) is 0 Å². The number of amides is 1. The standard InChI is InChI=1S/C16H27N3O/c1-6-19(7-2)10-13(5)18-16(20)14-9-15(17)12(4)8-11(14)3/h8-9,13H,6-7,10,17H2,1-5H3,(H,18,20). The zero-order valence-corrected chi connectivity index (χ0v) is 13.3. The fourth-order valence-corrected chi connectivity index (χ4v) is 2.33. The molecular weight excluding hydrogens is 250 g/mol. The quantitative estimate of drug-likeness (QED) is 0.785. The summed E-state index contributed by atoms with van der Waals surface area (Å²) in [5, 5.41) is 3.05. The molecule has 0 spiro atoms. The van der Waals surface area contributed by atoms with Crippen molar-refractivity contribution in [1.29, 1.82) is 0 Å². The van der Waals surface area contributed by atoms with E-state index in [4.69, 9.17) is 5.73 Å². The monoisotopic (exact) mass is 277 g/mol. The fraction of sp³-hybridized carbons (Fsp3) is 0.562. The van der Waals surface area contributed by atoms with Crippen molar-refractivity contribution >= 4 is 11.6 Å². The minimum absolute atomic E-state index is 0.0474. The first-order valence-electron chi connectivity index (χ1n) is 7.28. The molecule has 1 rings (SSSR count). The SMILES string of the molecule is CCN(CC)CC(C)NC(=O)c1cc(N)c(C)cc1C. The first kappa shape index (κ1) is 16.5. The number of hydrogen-bond donors (Lipinski definition) is 2. The van der Waals surface area contributed by atoms with Gasteiger partial charge < -0.3 is 16.0 Å². The Balaban J connectivity index is 2.74. The number of aryl methyl sites for hydroxylation is 2. The lowest BCUT2D eigenvalue weighted by molar-refractivity contribution is 0.0929. The summed E-state index contributed by atoms with van der Waals surface area (Å²) in [7, 11) is 0. The van der Waals surface area contributed by atoms with Crippen molar-refractivity contribution in [2.45, 2.75) is 40.7 Å². The third kappa shape index (κ3) is 4.23. The van der Waals surface area contributed by atoms with Gasteiger partial charge in [-0.2, -0.15) is 0 Å². The number of carbonyl (C=O) groups is 1. The van der Waals surface area contributed by atoms with Gasteiger partial charge >= 0.3 is 0 Å². The Kier molecular flexibility index (Phi) is 6.02. The number of likely N-dealkylation sites (N-methyl/N-ethyl adjacent to an activating group) is 1. The van der Waals surface area contributed by atoms with Crippen molar-refractivity contribution in [2.24, 2.45) is 0 Å². The number of hydrogen-bond acceptors (Lipinski definition) is 3. The number of nitrogens with one attached hydrogen (secondary N) is 1. The van der Waals surface area contributed by atoms with E-state index < -0.39 is 0 Å². The van der Waals surface area contributed by atoms with Gasteiger partial charge in [0.05, 0.1) is 0 Å². The molecular formula is C16H27N3O. The lowest BCUT2D eigenvalue weighted by atomic mass is 10.0. The summed E-state index contributed by atoms with van der Waals surface area (Å²) in [6.45, 7) is 13.0. The number of benzene rings is 1. The molecule has 4 heteroatoms. The van der Waals surface area contributed by atoms with Crippen LogP contribution in [0.25, 0.3) is 0 Å². The van der Waals surface area contributed by atoms with Crippen LogP contribution in [0.15, 0.2) is 12.1 Å². The summed E-state index contributed by atoms with van der Waals surface area (Å²) < 4.78 is 0. The van der Waals surface area contributed by atoms with Gasteiger partial charge in [-0.3, -0.25) is 4.79 Å². The number of nitrogens with zero attached hydrogens (tertiary/aromatic N) is 1. The smallest absolute Gasteiger partial charge is 0.251 e. The van der Waals surface area contributed by atoms with Crippen LogP contribution in [0, 0.1) is 13.8 Å². The molecule has 0 radical (unpaired) electrons. The molecule has 1 aromatic rings.